The summed E-state index contributed by atoms with van der Waals surface area (Å²) in [5.74, 6) is 0. The van der Waals surface area contributed by atoms with Crippen molar-refractivity contribution in [1.82, 2.24) is 4.90 Å². The van der Waals surface area contributed by atoms with E-state index < -0.39 is 6.10 Å². The molecule has 0 bridgehead atoms. The molecule has 0 radical (unpaired) electrons. The molecule has 0 aliphatic heterocycles. The van der Waals surface area contributed by atoms with Gasteiger partial charge in [0.25, 0.3) is 0 Å². The third kappa shape index (κ3) is 3.32. The normalized spacial score (nSPS) is 20.5. The molecule has 0 saturated heterocycles. The van der Waals surface area contributed by atoms with E-state index in [1.165, 1.54) is 24.8 Å². The fraction of sp³-hybridized carbons (Fsp3) is 0.684. The van der Waals surface area contributed by atoms with Gasteiger partial charge in [-0.05, 0) is 43.5 Å². The van der Waals surface area contributed by atoms with E-state index in [4.69, 9.17) is 0 Å². The van der Waals surface area contributed by atoms with E-state index in [1.807, 2.05) is 0 Å². The minimum atomic E-state index is -0.401. The van der Waals surface area contributed by atoms with E-state index in [0.717, 1.165) is 18.4 Å². The lowest BCUT2D eigenvalue weighted by Gasteiger charge is -2.46. The van der Waals surface area contributed by atoms with Crippen LogP contribution in [0.3, 0.4) is 0 Å². The molecule has 0 heterocycles. The van der Waals surface area contributed by atoms with Gasteiger partial charge in [-0.25, -0.2) is 0 Å². The number of likely N-dealkylation sites (N-methyl/N-ethyl adjacent to an activating group) is 1. The summed E-state index contributed by atoms with van der Waals surface area (Å²) >= 11 is 0. The highest BCUT2D eigenvalue weighted by molar-refractivity contribution is 5.30. The van der Waals surface area contributed by atoms with Gasteiger partial charge in [-0.15, -0.1) is 0 Å². The summed E-state index contributed by atoms with van der Waals surface area (Å²) in [6.07, 6.45) is 5.50. The summed E-state index contributed by atoms with van der Waals surface area (Å²) in [5, 5.41) is 11.0. The Balaban J connectivity index is 2.27. The van der Waals surface area contributed by atoms with Gasteiger partial charge in [0.15, 0.2) is 0 Å². The Hall–Kier alpha value is -0.860. The third-order valence-corrected chi connectivity index (χ3v) is 5.21. The van der Waals surface area contributed by atoms with Gasteiger partial charge in [-0.2, -0.15) is 0 Å². The SMILES string of the molecule is CN(C)C1(C(O)c2ccc(C(C)(C)C)cc2)CCCCC1. The molecule has 2 heteroatoms. The Morgan fingerprint density at radius 1 is 1.00 bits per heavy atom. The van der Waals surface area contributed by atoms with Gasteiger partial charge >= 0.3 is 0 Å². The van der Waals surface area contributed by atoms with Crippen molar-refractivity contribution in [3.63, 3.8) is 0 Å². The molecule has 21 heavy (non-hydrogen) atoms. The first-order chi connectivity index (χ1) is 9.77. The number of aliphatic hydroxyl groups is 1. The van der Waals surface area contributed by atoms with E-state index in [-0.39, 0.29) is 11.0 Å². The van der Waals surface area contributed by atoms with E-state index in [2.05, 4.69) is 64.0 Å². The molecule has 1 saturated carbocycles. The Kier molecular flexibility index (Phi) is 4.79. The molecule has 118 valence electrons. The van der Waals surface area contributed by atoms with E-state index in [1.54, 1.807) is 0 Å². The maximum atomic E-state index is 11.0. The number of nitrogens with zero attached hydrogens (tertiary/aromatic N) is 1. The first-order valence-electron chi connectivity index (χ1n) is 8.23. The van der Waals surface area contributed by atoms with Crippen molar-refractivity contribution in [2.45, 2.75) is 69.9 Å². The average Bonchev–Trinajstić information content (AvgIpc) is 2.46. The molecule has 0 spiro atoms. The van der Waals surface area contributed by atoms with Crippen molar-refractivity contribution >= 4 is 0 Å². The maximum absolute atomic E-state index is 11.0. The van der Waals surface area contributed by atoms with Crippen LogP contribution in [0, 0.1) is 0 Å². The molecule has 2 rings (SSSR count). The van der Waals surface area contributed by atoms with Gasteiger partial charge in [0.2, 0.25) is 0 Å². The van der Waals surface area contributed by atoms with Crippen molar-refractivity contribution in [2.24, 2.45) is 0 Å². The van der Waals surface area contributed by atoms with Crippen molar-refractivity contribution in [2.75, 3.05) is 14.1 Å². The zero-order valence-electron chi connectivity index (χ0n) is 14.3. The topological polar surface area (TPSA) is 23.5 Å². The molecular weight excluding hydrogens is 258 g/mol. The number of benzene rings is 1. The lowest BCUT2D eigenvalue weighted by molar-refractivity contribution is -0.0336. The minimum absolute atomic E-state index is 0.0957. The summed E-state index contributed by atoms with van der Waals surface area (Å²) in [7, 11) is 4.22. The Bertz CT molecular complexity index is 449. The molecule has 0 aromatic heterocycles. The summed E-state index contributed by atoms with van der Waals surface area (Å²) in [6.45, 7) is 6.67. The molecule has 1 N–H and O–H groups in total. The molecule has 0 amide bonds. The summed E-state index contributed by atoms with van der Waals surface area (Å²) in [6, 6.07) is 8.58. The predicted molar refractivity (Wildman–Crippen MR) is 89.6 cm³/mol. The van der Waals surface area contributed by atoms with E-state index in [0.29, 0.717) is 0 Å². The summed E-state index contributed by atoms with van der Waals surface area (Å²) in [4.78, 5) is 2.24. The lowest BCUT2D eigenvalue weighted by atomic mass is 9.74. The van der Waals surface area contributed by atoms with Crippen molar-refractivity contribution < 1.29 is 5.11 Å². The number of aliphatic hydroxyl groups excluding tert-OH is 1. The number of hydrogen-bond acceptors (Lipinski definition) is 2. The second kappa shape index (κ2) is 6.10. The highest BCUT2D eigenvalue weighted by Crippen LogP contribution is 2.42. The Morgan fingerprint density at radius 2 is 1.52 bits per heavy atom. The van der Waals surface area contributed by atoms with Crippen LogP contribution < -0.4 is 0 Å². The van der Waals surface area contributed by atoms with Crippen LogP contribution in [0.1, 0.15) is 70.1 Å². The fourth-order valence-electron chi connectivity index (χ4n) is 3.60. The van der Waals surface area contributed by atoms with E-state index in [9.17, 15) is 5.11 Å². The van der Waals surface area contributed by atoms with Crippen molar-refractivity contribution in [1.29, 1.82) is 0 Å². The fourth-order valence-corrected chi connectivity index (χ4v) is 3.60. The molecule has 1 atom stereocenters. The quantitative estimate of drug-likeness (QED) is 0.897. The standard InChI is InChI=1S/C19H31NO/c1-18(2,3)16-11-9-15(10-12-16)17(21)19(20(4)5)13-7-6-8-14-19/h9-12,17,21H,6-8,13-14H2,1-5H3. The third-order valence-electron chi connectivity index (χ3n) is 5.21. The van der Waals surface area contributed by atoms with Crippen LogP contribution >= 0.6 is 0 Å². The van der Waals surface area contributed by atoms with Crippen LogP contribution in [-0.4, -0.2) is 29.6 Å². The predicted octanol–water partition coefficient (Wildman–Crippen LogP) is 4.28. The van der Waals surface area contributed by atoms with Gasteiger partial charge in [0.05, 0.1) is 11.6 Å². The van der Waals surface area contributed by atoms with Crippen LogP contribution in [-0.2, 0) is 5.41 Å². The molecule has 1 aliphatic carbocycles. The molecule has 2 nitrogen and oxygen atoms in total. The highest BCUT2D eigenvalue weighted by atomic mass is 16.3. The molecule has 1 aromatic rings. The van der Waals surface area contributed by atoms with Crippen LogP contribution in [0.4, 0.5) is 0 Å². The van der Waals surface area contributed by atoms with Gasteiger partial charge < -0.3 is 10.0 Å². The zero-order chi connectivity index (χ0) is 15.7. The summed E-state index contributed by atoms with van der Waals surface area (Å²) < 4.78 is 0. The highest BCUT2D eigenvalue weighted by Gasteiger charge is 2.41. The molecule has 1 unspecified atom stereocenters. The zero-order valence-corrected chi connectivity index (χ0v) is 14.3. The Labute approximate surface area is 130 Å². The van der Waals surface area contributed by atoms with Crippen LogP contribution in [0.2, 0.25) is 0 Å². The van der Waals surface area contributed by atoms with Crippen LogP contribution in [0.25, 0.3) is 0 Å². The minimum Gasteiger partial charge on any atom is -0.386 e. The lowest BCUT2D eigenvalue weighted by Crippen LogP contribution is -2.50. The van der Waals surface area contributed by atoms with Crippen molar-refractivity contribution in [3.05, 3.63) is 35.4 Å². The van der Waals surface area contributed by atoms with Gasteiger partial charge in [0, 0.05) is 0 Å². The Morgan fingerprint density at radius 3 is 1.95 bits per heavy atom. The first kappa shape index (κ1) is 16.5. The van der Waals surface area contributed by atoms with E-state index >= 15 is 0 Å². The van der Waals surface area contributed by atoms with Crippen LogP contribution in [0.15, 0.2) is 24.3 Å². The molecular formula is C19H31NO. The largest absolute Gasteiger partial charge is 0.386 e. The number of hydrogen-bond donors (Lipinski definition) is 1. The smallest absolute Gasteiger partial charge is 0.0973 e. The average molecular weight is 289 g/mol. The molecule has 1 aliphatic rings. The molecule has 1 fully saturated rings. The van der Waals surface area contributed by atoms with Gasteiger partial charge in [-0.1, -0.05) is 64.3 Å². The monoisotopic (exact) mass is 289 g/mol. The van der Waals surface area contributed by atoms with Gasteiger partial charge in [-0.3, -0.25) is 0 Å². The summed E-state index contributed by atoms with van der Waals surface area (Å²) in [5.41, 5.74) is 2.44. The van der Waals surface area contributed by atoms with Gasteiger partial charge in [0.1, 0.15) is 0 Å². The molecule has 1 aromatic carbocycles. The van der Waals surface area contributed by atoms with Crippen LogP contribution in [0.5, 0.6) is 0 Å². The maximum Gasteiger partial charge on any atom is 0.0973 e. The number of rotatable bonds is 3. The second-order valence-electron chi connectivity index (χ2n) is 7.83. The second-order valence-corrected chi connectivity index (χ2v) is 7.83. The first-order valence-corrected chi connectivity index (χ1v) is 8.23. The van der Waals surface area contributed by atoms with Crippen molar-refractivity contribution in [3.8, 4) is 0 Å².